The van der Waals surface area contributed by atoms with E-state index in [0.29, 0.717) is 19.2 Å². The molecular formula is C15H24N2O2S. The second-order valence-electron chi connectivity index (χ2n) is 5.17. The van der Waals surface area contributed by atoms with Crippen molar-refractivity contribution >= 4 is 17.2 Å². The third-order valence-electron chi connectivity index (χ3n) is 3.78. The second-order valence-corrected chi connectivity index (χ2v) is 6.08. The number of thiophene rings is 1. The average molecular weight is 296 g/mol. The van der Waals surface area contributed by atoms with Crippen molar-refractivity contribution in [3.05, 3.63) is 21.9 Å². The van der Waals surface area contributed by atoms with Crippen LogP contribution in [0.4, 0.5) is 0 Å². The standard InChI is InChI=1S/C15H24N2O2S/c1-3-12-6-10-20-14(12)15(18)17(8-9-19-2)11-13-5-4-7-16-13/h6,10,13,16H,3-5,7-9,11H2,1-2H3. The minimum atomic E-state index is 0.155. The molecule has 0 bridgehead atoms. The van der Waals surface area contributed by atoms with Gasteiger partial charge in [0.2, 0.25) is 0 Å². The van der Waals surface area contributed by atoms with Crippen LogP contribution in [0.1, 0.15) is 35.0 Å². The van der Waals surface area contributed by atoms with E-state index in [2.05, 4.69) is 18.3 Å². The fourth-order valence-corrected chi connectivity index (χ4v) is 3.56. The summed E-state index contributed by atoms with van der Waals surface area (Å²) in [4.78, 5) is 15.6. The minimum absolute atomic E-state index is 0.155. The maximum Gasteiger partial charge on any atom is 0.264 e. The first kappa shape index (κ1) is 15.5. The Morgan fingerprint density at radius 2 is 2.45 bits per heavy atom. The molecule has 0 aromatic carbocycles. The molecule has 1 saturated heterocycles. The lowest BCUT2D eigenvalue weighted by atomic mass is 10.1. The van der Waals surface area contributed by atoms with E-state index in [1.165, 1.54) is 6.42 Å². The van der Waals surface area contributed by atoms with Crippen molar-refractivity contribution < 1.29 is 9.53 Å². The Morgan fingerprint density at radius 3 is 3.10 bits per heavy atom. The van der Waals surface area contributed by atoms with E-state index in [1.807, 2.05) is 10.3 Å². The summed E-state index contributed by atoms with van der Waals surface area (Å²) in [5.41, 5.74) is 1.15. The van der Waals surface area contributed by atoms with Gasteiger partial charge in [0.05, 0.1) is 11.5 Å². The molecule has 4 nitrogen and oxygen atoms in total. The van der Waals surface area contributed by atoms with E-state index in [0.717, 1.165) is 36.4 Å². The molecule has 112 valence electrons. The number of aryl methyl sites for hydroxylation is 1. The van der Waals surface area contributed by atoms with E-state index < -0.39 is 0 Å². The highest BCUT2D eigenvalue weighted by Gasteiger charge is 2.24. The molecule has 2 heterocycles. The normalized spacial score (nSPS) is 18.4. The summed E-state index contributed by atoms with van der Waals surface area (Å²) in [6.45, 7) is 5.19. The van der Waals surface area contributed by atoms with Crippen LogP contribution in [0.3, 0.4) is 0 Å². The Bertz CT molecular complexity index is 427. The molecule has 1 amide bonds. The summed E-state index contributed by atoms with van der Waals surface area (Å²) in [5, 5.41) is 5.47. The van der Waals surface area contributed by atoms with Crippen molar-refractivity contribution in [1.82, 2.24) is 10.2 Å². The van der Waals surface area contributed by atoms with Crippen LogP contribution in [0.2, 0.25) is 0 Å². The third kappa shape index (κ3) is 3.81. The number of carbonyl (C=O) groups is 1. The molecule has 0 saturated carbocycles. The van der Waals surface area contributed by atoms with E-state index in [4.69, 9.17) is 4.74 Å². The summed E-state index contributed by atoms with van der Waals surface area (Å²) in [5.74, 6) is 0.155. The van der Waals surface area contributed by atoms with Crippen molar-refractivity contribution in [3.8, 4) is 0 Å². The Balaban J connectivity index is 2.06. The van der Waals surface area contributed by atoms with Gasteiger partial charge in [-0.1, -0.05) is 6.92 Å². The molecule has 0 spiro atoms. The number of ether oxygens (including phenoxy) is 1. The summed E-state index contributed by atoms with van der Waals surface area (Å²) in [6, 6.07) is 2.49. The van der Waals surface area contributed by atoms with Crippen LogP contribution in [-0.2, 0) is 11.2 Å². The number of rotatable bonds is 7. The topological polar surface area (TPSA) is 41.6 Å². The number of carbonyl (C=O) groups excluding carboxylic acids is 1. The first-order valence-corrected chi connectivity index (χ1v) is 8.22. The lowest BCUT2D eigenvalue weighted by Gasteiger charge is -2.25. The molecule has 1 fully saturated rings. The van der Waals surface area contributed by atoms with Crippen molar-refractivity contribution in [2.45, 2.75) is 32.2 Å². The van der Waals surface area contributed by atoms with E-state index in [1.54, 1.807) is 18.4 Å². The zero-order valence-electron chi connectivity index (χ0n) is 12.4. The summed E-state index contributed by atoms with van der Waals surface area (Å²) >= 11 is 1.55. The Hall–Kier alpha value is -0.910. The van der Waals surface area contributed by atoms with Crippen LogP contribution in [0.5, 0.6) is 0 Å². The van der Waals surface area contributed by atoms with Crippen molar-refractivity contribution in [3.63, 3.8) is 0 Å². The SMILES string of the molecule is CCc1ccsc1C(=O)N(CCOC)CC1CCCN1. The Labute approximate surface area is 125 Å². The highest BCUT2D eigenvalue weighted by atomic mass is 32.1. The van der Waals surface area contributed by atoms with E-state index >= 15 is 0 Å². The largest absolute Gasteiger partial charge is 0.383 e. The molecule has 20 heavy (non-hydrogen) atoms. The quantitative estimate of drug-likeness (QED) is 0.838. The number of nitrogens with zero attached hydrogens (tertiary/aromatic N) is 1. The number of amides is 1. The Morgan fingerprint density at radius 1 is 1.60 bits per heavy atom. The summed E-state index contributed by atoms with van der Waals surface area (Å²) < 4.78 is 5.15. The van der Waals surface area contributed by atoms with Crippen LogP contribution < -0.4 is 5.32 Å². The first-order chi connectivity index (χ1) is 9.76. The van der Waals surface area contributed by atoms with Gasteiger partial charge in [-0.25, -0.2) is 0 Å². The van der Waals surface area contributed by atoms with Crippen molar-refractivity contribution in [1.29, 1.82) is 0 Å². The fourth-order valence-electron chi connectivity index (χ4n) is 2.60. The van der Waals surface area contributed by atoms with Gasteiger partial charge in [-0.15, -0.1) is 11.3 Å². The van der Waals surface area contributed by atoms with Gasteiger partial charge in [0.15, 0.2) is 0 Å². The molecular weight excluding hydrogens is 272 g/mol. The van der Waals surface area contributed by atoms with Gasteiger partial charge < -0.3 is 15.0 Å². The number of hydrogen-bond acceptors (Lipinski definition) is 4. The zero-order valence-corrected chi connectivity index (χ0v) is 13.2. The molecule has 1 aromatic heterocycles. The maximum atomic E-state index is 12.7. The minimum Gasteiger partial charge on any atom is -0.383 e. The van der Waals surface area contributed by atoms with Crippen molar-refractivity contribution in [2.24, 2.45) is 0 Å². The van der Waals surface area contributed by atoms with Crippen LogP contribution in [0.25, 0.3) is 0 Å². The smallest absolute Gasteiger partial charge is 0.264 e. The molecule has 2 rings (SSSR count). The van der Waals surface area contributed by atoms with Gasteiger partial charge in [-0.2, -0.15) is 0 Å². The van der Waals surface area contributed by atoms with Gasteiger partial charge in [0, 0.05) is 26.2 Å². The maximum absolute atomic E-state index is 12.7. The predicted octanol–water partition coefficient (Wildman–Crippen LogP) is 2.15. The molecule has 1 aliphatic heterocycles. The third-order valence-corrected chi connectivity index (χ3v) is 4.72. The lowest BCUT2D eigenvalue weighted by Crippen LogP contribution is -2.42. The molecule has 1 atom stereocenters. The molecule has 1 aromatic rings. The lowest BCUT2D eigenvalue weighted by molar-refractivity contribution is 0.0683. The summed E-state index contributed by atoms with van der Waals surface area (Å²) in [7, 11) is 1.68. The summed E-state index contributed by atoms with van der Waals surface area (Å²) in [6.07, 6.45) is 3.27. The monoisotopic (exact) mass is 296 g/mol. The van der Waals surface area contributed by atoms with Crippen LogP contribution in [0.15, 0.2) is 11.4 Å². The van der Waals surface area contributed by atoms with Gasteiger partial charge in [0.1, 0.15) is 0 Å². The zero-order chi connectivity index (χ0) is 14.4. The van der Waals surface area contributed by atoms with Gasteiger partial charge in [-0.3, -0.25) is 4.79 Å². The van der Waals surface area contributed by atoms with E-state index in [-0.39, 0.29) is 5.91 Å². The first-order valence-electron chi connectivity index (χ1n) is 7.34. The molecule has 1 N–H and O–H groups in total. The van der Waals surface area contributed by atoms with E-state index in [9.17, 15) is 4.79 Å². The molecule has 1 unspecified atom stereocenters. The second kappa shape index (κ2) is 7.76. The van der Waals surface area contributed by atoms with Gasteiger partial charge >= 0.3 is 0 Å². The molecule has 5 heteroatoms. The Kier molecular flexibility index (Phi) is 6.01. The molecule has 0 aliphatic carbocycles. The van der Waals surface area contributed by atoms with Crippen LogP contribution >= 0.6 is 11.3 Å². The predicted molar refractivity (Wildman–Crippen MR) is 82.5 cm³/mol. The number of hydrogen-bond donors (Lipinski definition) is 1. The van der Waals surface area contributed by atoms with Gasteiger partial charge in [0.25, 0.3) is 5.91 Å². The van der Waals surface area contributed by atoms with Gasteiger partial charge in [-0.05, 0) is 42.8 Å². The number of methoxy groups -OCH3 is 1. The highest BCUT2D eigenvalue weighted by Crippen LogP contribution is 2.20. The van der Waals surface area contributed by atoms with Crippen LogP contribution in [-0.4, -0.2) is 50.2 Å². The van der Waals surface area contributed by atoms with Crippen LogP contribution in [0, 0.1) is 0 Å². The molecule has 0 radical (unpaired) electrons. The number of nitrogens with one attached hydrogen (secondary N) is 1. The highest BCUT2D eigenvalue weighted by molar-refractivity contribution is 7.12. The van der Waals surface area contributed by atoms with Crippen molar-refractivity contribution in [2.75, 3.05) is 33.4 Å². The average Bonchev–Trinajstić information content (AvgIpc) is 3.13. The molecule has 1 aliphatic rings. The fraction of sp³-hybridized carbons (Fsp3) is 0.667.